The Hall–Kier alpha value is -1.89. The first-order chi connectivity index (χ1) is 9.87. The molecule has 114 valence electrons. The minimum Gasteiger partial charge on any atom is -0.478 e. The molecule has 7 heteroatoms. The third-order valence-corrected chi connectivity index (χ3v) is 5.06. The number of aliphatic carboxylic acids is 1. The maximum Gasteiger partial charge on any atom is 0.328 e. The van der Waals surface area contributed by atoms with Crippen molar-refractivity contribution in [1.82, 2.24) is 4.98 Å². The lowest BCUT2D eigenvalue weighted by Gasteiger charge is -2.22. The van der Waals surface area contributed by atoms with Crippen molar-refractivity contribution in [3.8, 4) is 0 Å². The fraction of sp³-hybridized carbons (Fsp3) is 0.429. The third-order valence-electron chi connectivity index (χ3n) is 3.35. The maximum atomic E-state index is 11.6. The molecule has 0 aliphatic carbocycles. The highest BCUT2D eigenvalue weighted by Gasteiger charge is 2.20. The molecule has 0 bridgehead atoms. The summed E-state index contributed by atoms with van der Waals surface area (Å²) in [6, 6.07) is 1.85. The number of sulfone groups is 1. The summed E-state index contributed by atoms with van der Waals surface area (Å²) in [6.07, 6.45) is 4.75. The zero-order valence-corrected chi connectivity index (χ0v) is 12.6. The van der Waals surface area contributed by atoms with Gasteiger partial charge in [-0.05, 0) is 36.6 Å². The van der Waals surface area contributed by atoms with Gasteiger partial charge in [0.15, 0.2) is 9.84 Å². The lowest BCUT2D eigenvalue weighted by Crippen LogP contribution is -2.28. The number of anilines is 1. The van der Waals surface area contributed by atoms with E-state index in [-0.39, 0.29) is 11.5 Å². The van der Waals surface area contributed by atoms with E-state index in [1.54, 1.807) is 6.20 Å². The molecule has 0 unspecified atom stereocenters. The molecule has 0 spiro atoms. The molecule has 0 atom stereocenters. The highest BCUT2D eigenvalue weighted by molar-refractivity contribution is 7.91. The number of carboxylic acids is 1. The number of aryl methyl sites for hydroxylation is 1. The highest BCUT2D eigenvalue weighted by Crippen LogP contribution is 2.20. The Morgan fingerprint density at radius 1 is 1.38 bits per heavy atom. The van der Waals surface area contributed by atoms with Crippen LogP contribution in [0.4, 0.5) is 5.82 Å². The van der Waals surface area contributed by atoms with Crippen LogP contribution in [0.1, 0.15) is 17.5 Å². The standard InChI is InChI=1S/C14H18N2O4S/c1-11-9-12(3-4-13(17)18)10-15-14(11)16-5-2-7-21(19,20)8-6-16/h3-4,9-10H,2,5-8H2,1H3,(H,17,18)/b4-3+. The minimum atomic E-state index is -2.95. The molecule has 0 saturated carbocycles. The molecule has 0 amide bonds. The van der Waals surface area contributed by atoms with E-state index in [9.17, 15) is 13.2 Å². The van der Waals surface area contributed by atoms with Gasteiger partial charge >= 0.3 is 5.97 Å². The topological polar surface area (TPSA) is 87.6 Å². The second kappa shape index (κ2) is 6.26. The lowest BCUT2D eigenvalue weighted by atomic mass is 10.2. The van der Waals surface area contributed by atoms with Crippen molar-refractivity contribution >= 4 is 27.7 Å². The van der Waals surface area contributed by atoms with Gasteiger partial charge in [-0.1, -0.05) is 0 Å². The molecule has 0 aromatic carbocycles. The van der Waals surface area contributed by atoms with Crippen molar-refractivity contribution in [3.63, 3.8) is 0 Å². The molecule has 21 heavy (non-hydrogen) atoms. The van der Waals surface area contributed by atoms with Crippen LogP contribution in [-0.4, -0.2) is 49.1 Å². The van der Waals surface area contributed by atoms with Crippen LogP contribution >= 0.6 is 0 Å². The second-order valence-corrected chi connectivity index (χ2v) is 7.38. The number of aromatic nitrogens is 1. The number of hydrogen-bond donors (Lipinski definition) is 1. The molecular formula is C14H18N2O4S. The minimum absolute atomic E-state index is 0.148. The monoisotopic (exact) mass is 310 g/mol. The Balaban J connectivity index is 2.19. The van der Waals surface area contributed by atoms with E-state index < -0.39 is 15.8 Å². The molecule has 1 aliphatic rings. The van der Waals surface area contributed by atoms with E-state index in [0.29, 0.717) is 25.1 Å². The molecule has 1 fully saturated rings. The molecule has 1 aromatic rings. The zero-order chi connectivity index (χ0) is 15.5. The number of carboxylic acid groups (broad SMARTS) is 1. The first-order valence-electron chi connectivity index (χ1n) is 6.70. The van der Waals surface area contributed by atoms with Gasteiger partial charge in [-0.2, -0.15) is 0 Å². The first-order valence-corrected chi connectivity index (χ1v) is 8.52. The van der Waals surface area contributed by atoms with Crippen molar-refractivity contribution in [2.75, 3.05) is 29.5 Å². The van der Waals surface area contributed by atoms with E-state index in [4.69, 9.17) is 5.11 Å². The molecule has 1 N–H and O–H groups in total. The average Bonchev–Trinajstić information content (AvgIpc) is 2.58. The van der Waals surface area contributed by atoms with Gasteiger partial charge in [-0.25, -0.2) is 18.2 Å². The normalized spacial score (nSPS) is 18.6. The van der Waals surface area contributed by atoms with Crippen molar-refractivity contribution in [2.45, 2.75) is 13.3 Å². The molecule has 2 heterocycles. The molecule has 1 saturated heterocycles. The largest absolute Gasteiger partial charge is 0.478 e. The van der Waals surface area contributed by atoms with Gasteiger partial charge in [0.1, 0.15) is 5.82 Å². The van der Waals surface area contributed by atoms with Gasteiger partial charge in [0.25, 0.3) is 0 Å². The fourth-order valence-corrected chi connectivity index (χ4v) is 3.60. The van der Waals surface area contributed by atoms with Crippen LogP contribution < -0.4 is 4.90 Å². The van der Waals surface area contributed by atoms with Crippen LogP contribution in [0.5, 0.6) is 0 Å². The van der Waals surface area contributed by atoms with Gasteiger partial charge in [0, 0.05) is 25.4 Å². The Labute approximate surface area is 124 Å². The third kappa shape index (κ3) is 4.29. The smallest absolute Gasteiger partial charge is 0.328 e. The van der Waals surface area contributed by atoms with Crippen molar-refractivity contribution in [3.05, 3.63) is 29.5 Å². The van der Waals surface area contributed by atoms with Crippen LogP contribution in [0.25, 0.3) is 6.08 Å². The SMILES string of the molecule is Cc1cc(/C=C/C(=O)O)cnc1N1CCCS(=O)(=O)CC1. The number of pyridine rings is 1. The van der Waals surface area contributed by atoms with Crippen LogP contribution in [0, 0.1) is 6.92 Å². The van der Waals surface area contributed by atoms with Crippen molar-refractivity contribution in [1.29, 1.82) is 0 Å². The van der Waals surface area contributed by atoms with E-state index in [1.165, 1.54) is 6.08 Å². The molecular weight excluding hydrogens is 292 g/mol. The molecule has 0 radical (unpaired) electrons. The highest BCUT2D eigenvalue weighted by atomic mass is 32.2. The van der Waals surface area contributed by atoms with Gasteiger partial charge in [0.05, 0.1) is 11.5 Å². The first kappa shape index (κ1) is 15.5. The summed E-state index contributed by atoms with van der Waals surface area (Å²) < 4.78 is 23.2. The van der Waals surface area contributed by atoms with Crippen LogP contribution in [0.3, 0.4) is 0 Å². The molecule has 1 aromatic heterocycles. The lowest BCUT2D eigenvalue weighted by molar-refractivity contribution is -0.131. The Kier molecular flexibility index (Phi) is 4.62. The Bertz CT molecular complexity index is 668. The second-order valence-electron chi connectivity index (χ2n) is 5.07. The van der Waals surface area contributed by atoms with Crippen molar-refractivity contribution in [2.24, 2.45) is 0 Å². The predicted molar refractivity (Wildman–Crippen MR) is 81.1 cm³/mol. The zero-order valence-electron chi connectivity index (χ0n) is 11.8. The summed E-state index contributed by atoms with van der Waals surface area (Å²) in [7, 11) is -2.95. The van der Waals surface area contributed by atoms with E-state index >= 15 is 0 Å². The van der Waals surface area contributed by atoms with Gasteiger partial charge in [-0.3, -0.25) is 0 Å². The number of nitrogens with zero attached hydrogens (tertiary/aromatic N) is 2. The molecule has 2 rings (SSSR count). The summed E-state index contributed by atoms with van der Waals surface area (Å²) in [5, 5.41) is 8.61. The number of carbonyl (C=O) groups is 1. The number of hydrogen-bond acceptors (Lipinski definition) is 5. The van der Waals surface area contributed by atoms with Crippen LogP contribution in [-0.2, 0) is 14.6 Å². The quantitative estimate of drug-likeness (QED) is 0.842. The van der Waals surface area contributed by atoms with Crippen molar-refractivity contribution < 1.29 is 18.3 Å². The fourth-order valence-electron chi connectivity index (χ4n) is 2.33. The van der Waals surface area contributed by atoms with Gasteiger partial charge < -0.3 is 10.0 Å². The summed E-state index contributed by atoms with van der Waals surface area (Å²) in [6.45, 7) is 3.00. The summed E-state index contributed by atoms with van der Waals surface area (Å²) in [5.41, 5.74) is 1.61. The number of rotatable bonds is 3. The summed E-state index contributed by atoms with van der Waals surface area (Å²) in [5.74, 6) is 0.130. The Morgan fingerprint density at radius 2 is 2.14 bits per heavy atom. The van der Waals surface area contributed by atoms with Crippen LogP contribution in [0.15, 0.2) is 18.3 Å². The van der Waals surface area contributed by atoms with E-state index in [0.717, 1.165) is 17.5 Å². The van der Waals surface area contributed by atoms with Crippen LogP contribution in [0.2, 0.25) is 0 Å². The van der Waals surface area contributed by atoms with Gasteiger partial charge in [-0.15, -0.1) is 0 Å². The molecule has 1 aliphatic heterocycles. The summed E-state index contributed by atoms with van der Waals surface area (Å²) >= 11 is 0. The van der Waals surface area contributed by atoms with E-state index in [2.05, 4.69) is 4.98 Å². The summed E-state index contributed by atoms with van der Waals surface area (Å²) in [4.78, 5) is 16.8. The maximum absolute atomic E-state index is 11.6. The van der Waals surface area contributed by atoms with Gasteiger partial charge in [0.2, 0.25) is 0 Å². The average molecular weight is 310 g/mol. The van der Waals surface area contributed by atoms with E-state index in [1.807, 2.05) is 17.9 Å². The predicted octanol–water partition coefficient (Wildman–Crippen LogP) is 1.11. The Morgan fingerprint density at radius 3 is 2.81 bits per heavy atom. The molecule has 6 nitrogen and oxygen atoms in total.